The van der Waals surface area contributed by atoms with E-state index in [1.807, 2.05) is 44.2 Å². The number of benzene rings is 1. The Hall–Kier alpha value is -0.990. The molecule has 1 aliphatic rings. The molecule has 3 atom stereocenters. The molecule has 0 aromatic heterocycles. The Morgan fingerprint density at radius 1 is 1.38 bits per heavy atom. The molecule has 118 valence electrons. The zero-order valence-corrected chi connectivity index (χ0v) is 13.2. The average Bonchev–Trinajstić information content (AvgIpc) is 2.48. The van der Waals surface area contributed by atoms with E-state index in [-0.39, 0.29) is 24.7 Å². The van der Waals surface area contributed by atoms with E-state index >= 15 is 0 Å². The van der Waals surface area contributed by atoms with E-state index in [1.165, 1.54) is 4.31 Å². The predicted octanol–water partition coefficient (Wildman–Crippen LogP) is 0.630. The summed E-state index contributed by atoms with van der Waals surface area (Å²) in [4.78, 5) is 0. The van der Waals surface area contributed by atoms with Crippen molar-refractivity contribution in [1.29, 1.82) is 0 Å². The van der Waals surface area contributed by atoms with Gasteiger partial charge in [-0.2, -0.15) is 12.7 Å². The van der Waals surface area contributed by atoms with Crippen molar-refractivity contribution in [3.63, 3.8) is 0 Å². The molecular formula is C14H23N3O3S. The molecule has 0 bridgehead atoms. The molecule has 0 radical (unpaired) electrons. The lowest BCUT2D eigenvalue weighted by molar-refractivity contribution is -0.0175. The Morgan fingerprint density at radius 2 is 2.05 bits per heavy atom. The third-order valence-electron chi connectivity index (χ3n) is 3.57. The third kappa shape index (κ3) is 4.24. The molecule has 3 N–H and O–H groups in total. The summed E-state index contributed by atoms with van der Waals surface area (Å²) in [7, 11) is -3.55. The lowest BCUT2D eigenvalue weighted by atomic mass is 10.1. The van der Waals surface area contributed by atoms with Crippen LogP contribution in [0.25, 0.3) is 0 Å². The zero-order chi connectivity index (χ0) is 15.5. The van der Waals surface area contributed by atoms with Crippen molar-refractivity contribution in [1.82, 2.24) is 9.03 Å². The Labute approximate surface area is 126 Å². The van der Waals surface area contributed by atoms with Crippen LogP contribution < -0.4 is 10.5 Å². The van der Waals surface area contributed by atoms with Crippen molar-refractivity contribution in [3.8, 4) is 0 Å². The monoisotopic (exact) mass is 313 g/mol. The van der Waals surface area contributed by atoms with Crippen molar-refractivity contribution in [3.05, 3.63) is 35.9 Å². The van der Waals surface area contributed by atoms with Gasteiger partial charge in [-0.3, -0.25) is 0 Å². The van der Waals surface area contributed by atoms with E-state index in [2.05, 4.69) is 4.72 Å². The van der Waals surface area contributed by atoms with Crippen LogP contribution in [0, 0.1) is 0 Å². The van der Waals surface area contributed by atoms with E-state index in [0.717, 1.165) is 5.56 Å². The number of morpholine rings is 1. The summed E-state index contributed by atoms with van der Waals surface area (Å²) < 4.78 is 34.3. The second-order valence-electron chi connectivity index (χ2n) is 5.43. The topological polar surface area (TPSA) is 84.7 Å². The van der Waals surface area contributed by atoms with Gasteiger partial charge >= 0.3 is 0 Å². The van der Waals surface area contributed by atoms with Crippen LogP contribution in [0.4, 0.5) is 0 Å². The fourth-order valence-corrected chi connectivity index (χ4v) is 3.80. The van der Waals surface area contributed by atoms with Gasteiger partial charge in [-0.25, -0.2) is 4.72 Å². The molecule has 6 nitrogen and oxygen atoms in total. The highest BCUT2D eigenvalue weighted by atomic mass is 32.2. The van der Waals surface area contributed by atoms with Crippen LogP contribution in [0.2, 0.25) is 0 Å². The second-order valence-corrected chi connectivity index (χ2v) is 7.14. The summed E-state index contributed by atoms with van der Waals surface area (Å²) in [6.45, 7) is 4.64. The lowest BCUT2D eigenvalue weighted by Gasteiger charge is -2.35. The van der Waals surface area contributed by atoms with Crippen molar-refractivity contribution in [2.24, 2.45) is 5.73 Å². The summed E-state index contributed by atoms with van der Waals surface area (Å²) in [6, 6.07) is 8.90. The van der Waals surface area contributed by atoms with Crippen molar-refractivity contribution < 1.29 is 13.2 Å². The van der Waals surface area contributed by atoms with E-state index in [4.69, 9.17) is 10.5 Å². The molecule has 1 fully saturated rings. The Balaban J connectivity index is 1.98. The minimum Gasteiger partial charge on any atom is -0.375 e. The van der Waals surface area contributed by atoms with Crippen molar-refractivity contribution in [2.75, 3.05) is 19.7 Å². The van der Waals surface area contributed by atoms with Gasteiger partial charge in [0.1, 0.15) is 0 Å². The van der Waals surface area contributed by atoms with Gasteiger partial charge in [-0.15, -0.1) is 0 Å². The number of ether oxygens (including phenoxy) is 1. The van der Waals surface area contributed by atoms with E-state index < -0.39 is 10.2 Å². The van der Waals surface area contributed by atoms with E-state index in [1.54, 1.807) is 0 Å². The smallest absolute Gasteiger partial charge is 0.279 e. The van der Waals surface area contributed by atoms with Crippen LogP contribution in [-0.4, -0.2) is 44.6 Å². The van der Waals surface area contributed by atoms with Crippen LogP contribution in [0.3, 0.4) is 0 Å². The molecule has 1 saturated heterocycles. The first kappa shape index (κ1) is 16.4. The first-order chi connectivity index (χ1) is 9.90. The summed E-state index contributed by atoms with van der Waals surface area (Å²) in [5.74, 6) is 0. The number of nitrogens with zero attached hydrogens (tertiary/aromatic N) is 1. The standard InChI is InChI=1S/C14H23N3O3S/c1-11-10-20-12(2)9-17(11)21(18,19)16-8-14(15)13-6-4-3-5-7-13/h3-7,11-12,14,16H,8-10,15H2,1-2H3/t11-,12+,14-/m0/s1. The SMILES string of the molecule is C[C@@H]1CN(S(=O)(=O)NC[C@H](N)c2ccccc2)[C@@H](C)CO1. The first-order valence-electron chi connectivity index (χ1n) is 7.08. The molecule has 21 heavy (non-hydrogen) atoms. The highest BCUT2D eigenvalue weighted by Crippen LogP contribution is 2.15. The van der Waals surface area contributed by atoms with Crippen molar-refractivity contribution >= 4 is 10.2 Å². The van der Waals surface area contributed by atoms with Crippen LogP contribution in [0.15, 0.2) is 30.3 Å². The van der Waals surface area contributed by atoms with E-state index in [0.29, 0.717) is 13.2 Å². The molecule has 1 aliphatic heterocycles. The molecule has 0 unspecified atom stereocenters. The fourth-order valence-electron chi connectivity index (χ4n) is 2.30. The van der Waals surface area contributed by atoms with Gasteiger partial charge in [0.15, 0.2) is 0 Å². The maximum atomic E-state index is 12.4. The van der Waals surface area contributed by atoms with Gasteiger partial charge in [0.25, 0.3) is 10.2 Å². The zero-order valence-electron chi connectivity index (χ0n) is 12.4. The van der Waals surface area contributed by atoms with Gasteiger partial charge in [-0.1, -0.05) is 30.3 Å². The van der Waals surface area contributed by atoms with Crippen LogP contribution in [0.5, 0.6) is 0 Å². The average molecular weight is 313 g/mol. The molecule has 0 saturated carbocycles. The molecule has 7 heteroatoms. The Morgan fingerprint density at radius 3 is 2.71 bits per heavy atom. The molecule has 2 rings (SSSR count). The summed E-state index contributed by atoms with van der Waals surface area (Å²) in [6.07, 6.45) is -0.0967. The Bertz CT molecular complexity index is 550. The number of nitrogens with one attached hydrogen (secondary N) is 1. The predicted molar refractivity (Wildman–Crippen MR) is 81.9 cm³/mol. The normalized spacial score (nSPS) is 25.7. The highest BCUT2D eigenvalue weighted by Gasteiger charge is 2.32. The summed E-state index contributed by atoms with van der Waals surface area (Å²) in [5.41, 5.74) is 6.93. The second kappa shape index (κ2) is 6.85. The van der Waals surface area contributed by atoms with Gasteiger partial charge in [0.2, 0.25) is 0 Å². The van der Waals surface area contributed by atoms with Crippen LogP contribution in [0.1, 0.15) is 25.5 Å². The molecule has 1 aromatic rings. The number of rotatable bonds is 5. The first-order valence-corrected chi connectivity index (χ1v) is 8.52. The largest absolute Gasteiger partial charge is 0.375 e. The number of hydrogen-bond donors (Lipinski definition) is 2. The molecule has 0 aliphatic carbocycles. The summed E-state index contributed by atoms with van der Waals surface area (Å²) in [5, 5.41) is 0. The summed E-state index contributed by atoms with van der Waals surface area (Å²) >= 11 is 0. The van der Waals surface area contributed by atoms with Gasteiger partial charge in [0, 0.05) is 25.2 Å². The van der Waals surface area contributed by atoms with Crippen molar-refractivity contribution in [2.45, 2.75) is 32.0 Å². The maximum Gasteiger partial charge on any atom is 0.279 e. The fraction of sp³-hybridized carbons (Fsp3) is 0.571. The third-order valence-corrected chi connectivity index (χ3v) is 5.23. The molecule has 1 aromatic carbocycles. The van der Waals surface area contributed by atoms with Gasteiger partial charge in [-0.05, 0) is 19.4 Å². The minimum atomic E-state index is -3.55. The molecule has 0 spiro atoms. The minimum absolute atomic E-state index is 0.0967. The molecule has 1 heterocycles. The molecule has 0 amide bonds. The lowest BCUT2D eigenvalue weighted by Crippen LogP contribution is -2.54. The number of hydrogen-bond acceptors (Lipinski definition) is 4. The van der Waals surface area contributed by atoms with Crippen LogP contribution >= 0.6 is 0 Å². The quantitative estimate of drug-likeness (QED) is 0.835. The van der Waals surface area contributed by atoms with Gasteiger partial charge < -0.3 is 10.5 Å². The highest BCUT2D eigenvalue weighted by molar-refractivity contribution is 7.87. The Kier molecular flexibility index (Phi) is 5.34. The maximum absolute atomic E-state index is 12.4. The van der Waals surface area contributed by atoms with E-state index in [9.17, 15) is 8.42 Å². The molecular weight excluding hydrogens is 290 g/mol. The van der Waals surface area contributed by atoms with Gasteiger partial charge in [0.05, 0.1) is 12.7 Å². The number of nitrogens with two attached hydrogens (primary N) is 1. The van der Waals surface area contributed by atoms with Crippen LogP contribution in [-0.2, 0) is 14.9 Å².